The molecular weight excluding hydrogens is 352 g/mol. The van der Waals surface area contributed by atoms with Gasteiger partial charge in [0.25, 0.3) is 17.5 Å². The highest BCUT2D eigenvalue weighted by Crippen LogP contribution is 2.25. The Morgan fingerprint density at radius 1 is 1.15 bits per heavy atom. The number of nitrogens with zero attached hydrogens (tertiary/aromatic N) is 2. The Labute approximate surface area is 153 Å². The largest absolute Gasteiger partial charge is 0.457 e. The minimum atomic E-state index is -0.752. The predicted octanol–water partition coefficient (Wildman–Crippen LogP) is 2.73. The molecule has 1 heterocycles. The molecule has 8 nitrogen and oxygen atoms in total. The number of hydrogen-bond donors (Lipinski definition) is 0. The molecule has 0 radical (unpaired) electrons. The summed E-state index contributed by atoms with van der Waals surface area (Å²) in [7, 11) is 0. The lowest BCUT2D eigenvalue weighted by atomic mass is 10.1. The molecule has 136 valence electrons. The Kier molecular flexibility index (Phi) is 4.80. The number of rotatable bonds is 6. The van der Waals surface area contributed by atoms with Crippen LogP contribution in [0.2, 0.25) is 0 Å². The highest BCUT2D eigenvalue weighted by molar-refractivity contribution is 6.22. The van der Waals surface area contributed by atoms with E-state index in [1.165, 1.54) is 42.5 Å². The van der Waals surface area contributed by atoms with Gasteiger partial charge in [-0.1, -0.05) is 18.2 Å². The smallest absolute Gasteiger partial charge is 0.338 e. The summed E-state index contributed by atoms with van der Waals surface area (Å²) in [4.78, 5) is 48.2. The van der Waals surface area contributed by atoms with Gasteiger partial charge in [0.15, 0.2) is 0 Å². The number of ether oxygens (including phenoxy) is 1. The quantitative estimate of drug-likeness (QED) is 0.256. The van der Waals surface area contributed by atoms with Crippen LogP contribution >= 0.6 is 0 Å². The Morgan fingerprint density at radius 2 is 1.85 bits per heavy atom. The monoisotopic (exact) mass is 366 g/mol. The second-order valence-electron chi connectivity index (χ2n) is 5.73. The van der Waals surface area contributed by atoms with Crippen LogP contribution in [-0.4, -0.2) is 34.2 Å². The number of esters is 1. The average molecular weight is 366 g/mol. The van der Waals surface area contributed by atoms with E-state index in [1.807, 2.05) is 0 Å². The van der Waals surface area contributed by atoms with Crippen molar-refractivity contribution in [2.75, 3.05) is 6.54 Å². The van der Waals surface area contributed by atoms with Crippen LogP contribution in [0.1, 0.15) is 36.6 Å². The minimum absolute atomic E-state index is 0.0732. The van der Waals surface area contributed by atoms with Gasteiger partial charge >= 0.3 is 5.97 Å². The molecule has 0 bridgehead atoms. The molecule has 0 spiro atoms. The van der Waals surface area contributed by atoms with Crippen LogP contribution in [0.5, 0.6) is 0 Å². The van der Waals surface area contributed by atoms with Gasteiger partial charge in [0.05, 0.1) is 27.2 Å². The average Bonchev–Trinajstić information content (AvgIpc) is 2.91. The number of carbonyl (C=O) groups excluding carboxylic acids is 3. The zero-order valence-corrected chi connectivity index (χ0v) is 14.1. The van der Waals surface area contributed by atoms with Gasteiger partial charge in [-0.25, -0.2) is 4.79 Å². The molecule has 0 fully saturated rings. The maximum Gasteiger partial charge on any atom is 0.338 e. The number of amides is 2. The van der Waals surface area contributed by atoms with E-state index in [4.69, 9.17) is 4.74 Å². The fourth-order valence-corrected chi connectivity index (χ4v) is 2.75. The van der Waals surface area contributed by atoms with Crippen molar-refractivity contribution in [1.82, 2.24) is 4.90 Å². The molecule has 1 aliphatic rings. The van der Waals surface area contributed by atoms with Crippen molar-refractivity contribution in [3.05, 3.63) is 87.5 Å². The maximum atomic E-state index is 12.3. The second kappa shape index (κ2) is 7.20. The molecule has 27 heavy (non-hydrogen) atoms. The van der Waals surface area contributed by atoms with Crippen LogP contribution in [0, 0.1) is 10.1 Å². The zero-order chi connectivity index (χ0) is 19.6. The summed E-state index contributed by atoms with van der Waals surface area (Å²) in [5.41, 5.74) is 0.494. The molecule has 3 rings (SSSR count). The highest BCUT2D eigenvalue weighted by atomic mass is 16.6. The van der Waals surface area contributed by atoms with E-state index in [0.29, 0.717) is 0 Å². The molecule has 0 aromatic heterocycles. The molecule has 0 N–H and O–H groups in total. The van der Waals surface area contributed by atoms with Crippen molar-refractivity contribution in [3.8, 4) is 0 Å². The molecule has 0 unspecified atom stereocenters. The lowest BCUT2D eigenvalue weighted by molar-refractivity contribution is -0.385. The topological polar surface area (TPSA) is 107 Å². The summed E-state index contributed by atoms with van der Waals surface area (Å²) in [5, 5.41) is 11.0. The third kappa shape index (κ3) is 3.32. The van der Waals surface area contributed by atoms with E-state index < -0.39 is 22.7 Å². The molecule has 2 amide bonds. The number of hydrogen-bond acceptors (Lipinski definition) is 6. The number of para-hydroxylation sites is 1. The molecule has 0 aliphatic carbocycles. The van der Waals surface area contributed by atoms with E-state index in [2.05, 4.69) is 6.58 Å². The van der Waals surface area contributed by atoms with Gasteiger partial charge in [0.2, 0.25) is 0 Å². The molecule has 0 atom stereocenters. The molecule has 2 aromatic rings. The lowest BCUT2D eigenvalue weighted by Crippen LogP contribution is -2.29. The van der Waals surface area contributed by atoms with Gasteiger partial charge in [0.1, 0.15) is 6.61 Å². The van der Waals surface area contributed by atoms with Crippen LogP contribution in [0.25, 0.3) is 0 Å². The van der Waals surface area contributed by atoms with Crippen LogP contribution in [0.3, 0.4) is 0 Å². The van der Waals surface area contributed by atoms with E-state index >= 15 is 0 Å². The number of nitro groups is 1. The van der Waals surface area contributed by atoms with Crippen molar-refractivity contribution in [1.29, 1.82) is 0 Å². The minimum Gasteiger partial charge on any atom is -0.457 e. The fourth-order valence-electron chi connectivity index (χ4n) is 2.75. The molecule has 0 saturated carbocycles. The summed E-state index contributed by atoms with van der Waals surface area (Å²) in [6, 6.07) is 9.98. The first-order valence-corrected chi connectivity index (χ1v) is 7.94. The molecule has 0 saturated heterocycles. The van der Waals surface area contributed by atoms with Crippen LogP contribution < -0.4 is 0 Å². The second-order valence-corrected chi connectivity index (χ2v) is 5.73. The van der Waals surface area contributed by atoms with Crippen LogP contribution in [-0.2, 0) is 11.3 Å². The van der Waals surface area contributed by atoms with Crippen molar-refractivity contribution >= 4 is 23.5 Å². The van der Waals surface area contributed by atoms with Crippen molar-refractivity contribution < 1.29 is 24.0 Å². The third-order valence-electron chi connectivity index (χ3n) is 4.07. The highest BCUT2D eigenvalue weighted by Gasteiger charge is 2.35. The Balaban J connectivity index is 1.78. The number of nitro benzene ring substituents is 1. The first kappa shape index (κ1) is 18.0. The number of imide groups is 1. The van der Waals surface area contributed by atoms with E-state index in [0.717, 1.165) is 4.90 Å². The van der Waals surface area contributed by atoms with Gasteiger partial charge in [-0.05, 0) is 24.3 Å². The number of benzene rings is 2. The van der Waals surface area contributed by atoms with E-state index in [1.54, 1.807) is 6.07 Å². The lowest BCUT2D eigenvalue weighted by Gasteiger charge is -2.09. The molecule has 2 aromatic carbocycles. The predicted molar refractivity (Wildman–Crippen MR) is 94.2 cm³/mol. The third-order valence-corrected chi connectivity index (χ3v) is 4.07. The van der Waals surface area contributed by atoms with E-state index in [-0.39, 0.29) is 41.1 Å². The van der Waals surface area contributed by atoms with Gasteiger partial charge in [-0.15, -0.1) is 6.58 Å². The first-order valence-electron chi connectivity index (χ1n) is 7.94. The standard InChI is InChI=1S/C19H14N2O6/c1-2-9-20-17(22)14-8-7-12(10-15(14)18(20)23)19(24)27-11-13-5-3-4-6-16(13)21(25)26/h2-8,10H,1,9,11H2. The maximum absolute atomic E-state index is 12.3. The van der Waals surface area contributed by atoms with Crippen molar-refractivity contribution in [3.63, 3.8) is 0 Å². The summed E-state index contributed by atoms with van der Waals surface area (Å²) in [6.07, 6.45) is 1.43. The Hall–Kier alpha value is -3.81. The van der Waals surface area contributed by atoms with Crippen molar-refractivity contribution in [2.45, 2.75) is 6.61 Å². The van der Waals surface area contributed by atoms with E-state index in [9.17, 15) is 24.5 Å². The summed E-state index contributed by atoms with van der Waals surface area (Å²) < 4.78 is 5.13. The fraction of sp³-hybridized carbons (Fsp3) is 0.105. The van der Waals surface area contributed by atoms with Gasteiger partial charge in [0, 0.05) is 12.6 Å². The number of carbonyl (C=O) groups is 3. The van der Waals surface area contributed by atoms with Gasteiger partial charge in [-0.2, -0.15) is 0 Å². The summed E-state index contributed by atoms with van der Waals surface area (Å²) in [6.45, 7) is 3.29. The zero-order valence-electron chi connectivity index (χ0n) is 14.1. The Bertz CT molecular complexity index is 982. The molecule has 1 aliphatic heterocycles. The Morgan fingerprint density at radius 3 is 2.56 bits per heavy atom. The normalized spacial score (nSPS) is 12.7. The van der Waals surface area contributed by atoms with Gasteiger partial charge in [-0.3, -0.25) is 24.6 Å². The SMILES string of the molecule is C=CCN1C(=O)c2ccc(C(=O)OCc3ccccc3[N+](=O)[O-])cc2C1=O. The van der Waals surface area contributed by atoms with Crippen LogP contribution in [0.15, 0.2) is 55.1 Å². The number of fused-ring (bicyclic) bond motifs is 1. The molecule has 8 heteroatoms. The van der Waals surface area contributed by atoms with Gasteiger partial charge < -0.3 is 4.74 Å². The first-order chi connectivity index (χ1) is 12.9. The summed E-state index contributed by atoms with van der Waals surface area (Å²) >= 11 is 0. The van der Waals surface area contributed by atoms with Crippen molar-refractivity contribution in [2.24, 2.45) is 0 Å². The summed E-state index contributed by atoms with van der Waals surface area (Å²) in [5.74, 6) is -1.71. The molecular formula is C19H14N2O6. The van der Waals surface area contributed by atoms with Crippen LogP contribution in [0.4, 0.5) is 5.69 Å².